The van der Waals surface area contributed by atoms with Crippen LogP contribution in [0.2, 0.25) is 0 Å². The second-order valence-electron chi connectivity index (χ2n) is 4.46. The fraction of sp³-hybridized carbons (Fsp3) is 0.455. The molecule has 94 valence electrons. The zero-order chi connectivity index (χ0) is 12.7. The average molecular weight is 247 g/mol. The van der Waals surface area contributed by atoms with Gasteiger partial charge in [0.2, 0.25) is 0 Å². The molecule has 0 atom stereocenters. The number of aliphatic carboxylic acids is 1. The molecule has 0 bridgehead atoms. The van der Waals surface area contributed by atoms with Crippen molar-refractivity contribution in [3.05, 3.63) is 12.5 Å². The zero-order valence-corrected chi connectivity index (χ0v) is 9.94. The molecule has 0 amide bonds. The molecule has 2 aromatic heterocycles. The lowest BCUT2D eigenvalue weighted by Gasteiger charge is -2.21. The number of carboxylic acids is 1. The molecule has 0 unspecified atom stereocenters. The second-order valence-corrected chi connectivity index (χ2v) is 4.46. The van der Waals surface area contributed by atoms with E-state index in [9.17, 15) is 4.79 Å². The van der Waals surface area contributed by atoms with Crippen LogP contribution >= 0.6 is 0 Å². The molecular formula is C11H13N5O2. The van der Waals surface area contributed by atoms with Crippen molar-refractivity contribution >= 4 is 22.8 Å². The Balaban J connectivity index is 2.08. The Kier molecular flexibility index (Phi) is 2.39. The summed E-state index contributed by atoms with van der Waals surface area (Å²) in [6, 6.07) is 0.277. The summed E-state index contributed by atoms with van der Waals surface area (Å²) in [5.41, 5.74) is 0.719. The maximum atomic E-state index is 11.0. The Morgan fingerprint density at radius 2 is 2.33 bits per heavy atom. The third kappa shape index (κ3) is 1.77. The third-order valence-corrected chi connectivity index (χ3v) is 3.07. The van der Waals surface area contributed by atoms with Crippen LogP contribution in [0, 0.1) is 0 Å². The Labute approximate surface area is 103 Å². The van der Waals surface area contributed by atoms with Gasteiger partial charge >= 0.3 is 5.97 Å². The molecule has 2 heterocycles. The molecule has 1 aliphatic carbocycles. The molecule has 18 heavy (non-hydrogen) atoms. The Morgan fingerprint density at radius 3 is 3.00 bits per heavy atom. The summed E-state index contributed by atoms with van der Waals surface area (Å²) in [6.07, 6.45) is 5.16. The predicted molar refractivity (Wildman–Crippen MR) is 64.3 cm³/mol. The topological polar surface area (TPSA) is 84.1 Å². The zero-order valence-electron chi connectivity index (χ0n) is 9.94. The minimum atomic E-state index is -0.849. The number of nitrogens with zero attached hydrogens (tertiary/aromatic N) is 5. The molecular weight excluding hydrogens is 234 g/mol. The number of aryl methyl sites for hydroxylation is 1. The molecule has 0 spiro atoms. The van der Waals surface area contributed by atoms with Gasteiger partial charge < -0.3 is 10.0 Å². The normalized spacial score (nSPS) is 14.9. The van der Waals surface area contributed by atoms with Gasteiger partial charge in [0, 0.05) is 13.1 Å². The van der Waals surface area contributed by atoms with Crippen LogP contribution in [0.1, 0.15) is 12.8 Å². The molecule has 7 nitrogen and oxygen atoms in total. The lowest BCUT2D eigenvalue weighted by atomic mass is 10.3. The molecule has 3 rings (SSSR count). The molecule has 1 saturated carbocycles. The number of hydrogen-bond acceptors (Lipinski definition) is 5. The summed E-state index contributed by atoms with van der Waals surface area (Å²) < 4.78 is 1.66. The molecule has 0 radical (unpaired) electrons. The van der Waals surface area contributed by atoms with Gasteiger partial charge in [-0.05, 0) is 12.8 Å². The van der Waals surface area contributed by atoms with Crippen molar-refractivity contribution in [2.75, 3.05) is 11.4 Å². The number of fused-ring (bicyclic) bond motifs is 1. The van der Waals surface area contributed by atoms with E-state index in [1.54, 1.807) is 17.9 Å². The van der Waals surface area contributed by atoms with Crippen LogP contribution < -0.4 is 4.90 Å². The highest BCUT2D eigenvalue weighted by Gasteiger charge is 2.32. The maximum absolute atomic E-state index is 11.0. The lowest BCUT2D eigenvalue weighted by Crippen LogP contribution is -2.32. The van der Waals surface area contributed by atoms with Crippen molar-refractivity contribution in [1.82, 2.24) is 19.7 Å². The average Bonchev–Trinajstić information content (AvgIpc) is 3.11. The predicted octanol–water partition coefficient (Wildman–Crippen LogP) is 0.417. The monoisotopic (exact) mass is 247 g/mol. The largest absolute Gasteiger partial charge is 0.480 e. The highest BCUT2D eigenvalue weighted by atomic mass is 16.4. The molecule has 0 aromatic carbocycles. The van der Waals surface area contributed by atoms with Gasteiger partial charge in [0.05, 0.1) is 11.6 Å². The van der Waals surface area contributed by atoms with Gasteiger partial charge in [-0.1, -0.05) is 0 Å². The van der Waals surface area contributed by atoms with Crippen LogP contribution in [-0.2, 0) is 11.8 Å². The summed E-state index contributed by atoms with van der Waals surface area (Å²) in [5.74, 6) is -0.185. The molecule has 0 saturated heterocycles. The van der Waals surface area contributed by atoms with E-state index in [4.69, 9.17) is 5.11 Å². The quantitative estimate of drug-likeness (QED) is 0.842. The van der Waals surface area contributed by atoms with E-state index < -0.39 is 5.97 Å². The Hall–Kier alpha value is -2.18. The van der Waals surface area contributed by atoms with E-state index in [0.717, 1.165) is 23.9 Å². The van der Waals surface area contributed by atoms with Crippen LogP contribution in [0.3, 0.4) is 0 Å². The van der Waals surface area contributed by atoms with Crippen LogP contribution in [0.4, 0.5) is 5.82 Å². The molecule has 2 aromatic rings. The van der Waals surface area contributed by atoms with E-state index in [-0.39, 0.29) is 12.6 Å². The fourth-order valence-electron chi connectivity index (χ4n) is 2.09. The van der Waals surface area contributed by atoms with Crippen LogP contribution in [0.25, 0.3) is 11.0 Å². The summed E-state index contributed by atoms with van der Waals surface area (Å²) >= 11 is 0. The van der Waals surface area contributed by atoms with Gasteiger partial charge in [0.1, 0.15) is 18.7 Å². The maximum Gasteiger partial charge on any atom is 0.323 e. The van der Waals surface area contributed by atoms with Gasteiger partial charge in [-0.3, -0.25) is 9.48 Å². The van der Waals surface area contributed by atoms with Crippen molar-refractivity contribution in [3.8, 4) is 0 Å². The van der Waals surface area contributed by atoms with Gasteiger partial charge in [0.25, 0.3) is 0 Å². The van der Waals surface area contributed by atoms with Crippen molar-refractivity contribution < 1.29 is 9.90 Å². The minimum Gasteiger partial charge on any atom is -0.480 e. The number of hydrogen-bond donors (Lipinski definition) is 1. The van der Waals surface area contributed by atoms with E-state index in [1.165, 1.54) is 6.33 Å². The summed E-state index contributed by atoms with van der Waals surface area (Å²) in [6.45, 7) is -0.0360. The first kappa shape index (κ1) is 10.9. The van der Waals surface area contributed by atoms with Gasteiger partial charge in [0.15, 0.2) is 5.65 Å². The van der Waals surface area contributed by atoms with Gasteiger partial charge in [-0.25, -0.2) is 9.97 Å². The van der Waals surface area contributed by atoms with E-state index >= 15 is 0 Å². The minimum absolute atomic E-state index is 0.0360. The van der Waals surface area contributed by atoms with Crippen LogP contribution in [0.15, 0.2) is 12.5 Å². The first-order valence-electron chi connectivity index (χ1n) is 5.78. The third-order valence-electron chi connectivity index (χ3n) is 3.07. The number of aromatic nitrogens is 4. The summed E-state index contributed by atoms with van der Waals surface area (Å²) in [4.78, 5) is 21.2. The number of anilines is 1. The van der Waals surface area contributed by atoms with Crippen molar-refractivity contribution in [2.45, 2.75) is 18.9 Å². The van der Waals surface area contributed by atoms with E-state index in [1.807, 2.05) is 4.90 Å². The first-order valence-corrected chi connectivity index (χ1v) is 5.78. The number of carboxylic acid groups (broad SMARTS) is 1. The first-order chi connectivity index (χ1) is 8.66. The summed E-state index contributed by atoms with van der Waals surface area (Å²) in [5, 5.41) is 13.9. The van der Waals surface area contributed by atoms with Crippen molar-refractivity contribution in [1.29, 1.82) is 0 Å². The lowest BCUT2D eigenvalue weighted by molar-refractivity contribution is -0.135. The van der Waals surface area contributed by atoms with E-state index in [0.29, 0.717) is 5.82 Å². The van der Waals surface area contributed by atoms with Crippen LogP contribution in [0.5, 0.6) is 0 Å². The van der Waals surface area contributed by atoms with Crippen molar-refractivity contribution in [2.24, 2.45) is 7.05 Å². The number of carbonyl (C=O) groups is 1. The van der Waals surface area contributed by atoms with Gasteiger partial charge in [-0.15, -0.1) is 0 Å². The van der Waals surface area contributed by atoms with E-state index in [2.05, 4.69) is 15.1 Å². The molecule has 1 N–H and O–H groups in total. The highest BCUT2D eigenvalue weighted by molar-refractivity contribution is 5.88. The Bertz CT molecular complexity index is 604. The molecule has 1 fully saturated rings. The number of rotatable bonds is 4. The SMILES string of the molecule is Cn1ncc2c(N(CC(=O)O)C3CC3)ncnc21. The summed E-state index contributed by atoms with van der Waals surface area (Å²) in [7, 11) is 1.80. The van der Waals surface area contributed by atoms with Crippen LogP contribution in [-0.4, -0.2) is 43.4 Å². The Morgan fingerprint density at radius 1 is 1.56 bits per heavy atom. The highest BCUT2D eigenvalue weighted by Crippen LogP contribution is 2.33. The molecule has 0 aliphatic heterocycles. The molecule has 1 aliphatic rings. The van der Waals surface area contributed by atoms with Crippen molar-refractivity contribution in [3.63, 3.8) is 0 Å². The van der Waals surface area contributed by atoms with Gasteiger partial charge in [-0.2, -0.15) is 5.10 Å². The second kappa shape index (κ2) is 3.94. The smallest absolute Gasteiger partial charge is 0.323 e. The molecule has 7 heteroatoms. The fourth-order valence-corrected chi connectivity index (χ4v) is 2.09. The standard InChI is InChI=1S/C11H13N5O2/c1-15-10-8(4-14-15)11(13-6-12-10)16(5-9(17)18)7-2-3-7/h4,6-7H,2-3,5H2,1H3,(H,17,18).